The second-order valence-electron chi connectivity index (χ2n) is 7.65. The summed E-state index contributed by atoms with van der Waals surface area (Å²) >= 11 is 0. The Kier molecular flexibility index (Phi) is 7.60. The van der Waals surface area contributed by atoms with E-state index in [0.717, 1.165) is 12.8 Å². The molecule has 1 saturated heterocycles. The van der Waals surface area contributed by atoms with Gasteiger partial charge in [0.1, 0.15) is 0 Å². The van der Waals surface area contributed by atoms with E-state index in [4.69, 9.17) is 0 Å². The van der Waals surface area contributed by atoms with Gasteiger partial charge in [0.15, 0.2) is 0 Å². The Morgan fingerprint density at radius 3 is 2.25 bits per heavy atom. The van der Waals surface area contributed by atoms with Crippen LogP contribution in [0.15, 0.2) is 29.2 Å². The summed E-state index contributed by atoms with van der Waals surface area (Å²) in [6.45, 7) is 9.06. The van der Waals surface area contributed by atoms with Crippen LogP contribution in [0.1, 0.15) is 50.9 Å². The van der Waals surface area contributed by atoms with Gasteiger partial charge < -0.3 is 10.2 Å². The topological polar surface area (TPSA) is 86.8 Å². The van der Waals surface area contributed by atoms with Crippen LogP contribution < -0.4 is 5.32 Å². The number of carbonyl (C=O) groups is 2. The average molecular weight is 410 g/mol. The summed E-state index contributed by atoms with van der Waals surface area (Å²) in [5.41, 5.74) is 0.366. The summed E-state index contributed by atoms with van der Waals surface area (Å²) in [5.74, 6) is 0.0280. The van der Waals surface area contributed by atoms with Crippen LogP contribution >= 0.6 is 0 Å². The maximum absolute atomic E-state index is 12.8. The molecule has 156 valence electrons. The van der Waals surface area contributed by atoms with E-state index in [2.05, 4.69) is 12.2 Å². The van der Waals surface area contributed by atoms with Crippen LogP contribution in [-0.4, -0.2) is 61.7 Å². The van der Waals surface area contributed by atoms with Crippen molar-refractivity contribution >= 4 is 21.8 Å². The van der Waals surface area contributed by atoms with Gasteiger partial charge in [-0.1, -0.05) is 6.92 Å². The molecule has 0 spiro atoms. The minimum atomic E-state index is -3.54. The van der Waals surface area contributed by atoms with Crippen molar-refractivity contribution in [2.24, 2.45) is 5.92 Å². The molecule has 7 nitrogen and oxygen atoms in total. The summed E-state index contributed by atoms with van der Waals surface area (Å²) < 4.78 is 27.1. The normalized spacial score (nSPS) is 16.2. The highest BCUT2D eigenvalue weighted by atomic mass is 32.2. The fraction of sp³-hybridized carbons (Fsp3) is 0.600. The number of piperidine rings is 1. The first-order chi connectivity index (χ1) is 13.1. The third-order valence-electron chi connectivity index (χ3n) is 4.93. The monoisotopic (exact) mass is 409 g/mol. The zero-order valence-electron chi connectivity index (χ0n) is 17.1. The van der Waals surface area contributed by atoms with Crippen molar-refractivity contribution in [3.05, 3.63) is 29.8 Å². The lowest BCUT2D eigenvalue weighted by Crippen LogP contribution is -2.42. The SMILES string of the molecule is CCN(CC(=O)NC(C)C)C(=O)c1ccc(S(=O)(=O)N2CCC(C)CC2)cc1. The van der Waals surface area contributed by atoms with Crippen LogP contribution in [0, 0.1) is 5.92 Å². The molecule has 0 atom stereocenters. The van der Waals surface area contributed by atoms with Gasteiger partial charge in [-0.15, -0.1) is 0 Å². The van der Waals surface area contributed by atoms with Gasteiger partial charge in [0.25, 0.3) is 5.91 Å². The molecule has 1 aromatic rings. The summed E-state index contributed by atoms with van der Waals surface area (Å²) in [4.78, 5) is 26.3. The van der Waals surface area contributed by atoms with Gasteiger partial charge in [0, 0.05) is 31.2 Å². The quantitative estimate of drug-likeness (QED) is 0.747. The number of nitrogens with zero attached hydrogens (tertiary/aromatic N) is 2. The lowest BCUT2D eigenvalue weighted by Gasteiger charge is -2.29. The Morgan fingerprint density at radius 1 is 1.18 bits per heavy atom. The molecule has 8 heteroatoms. The minimum absolute atomic E-state index is 0.00331. The third kappa shape index (κ3) is 5.54. The van der Waals surface area contributed by atoms with Crippen molar-refractivity contribution in [3.8, 4) is 0 Å². The van der Waals surface area contributed by atoms with E-state index in [1.54, 1.807) is 6.92 Å². The van der Waals surface area contributed by atoms with Crippen molar-refractivity contribution < 1.29 is 18.0 Å². The number of likely N-dealkylation sites (N-methyl/N-ethyl adjacent to an activating group) is 1. The van der Waals surface area contributed by atoms with Crippen LogP contribution in [-0.2, 0) is 14.8 Å². The Balaban J connectivity index is 2.10. The Hall–Kier alpha value is -1.93. The highest BCUT2D eigenvalue weighted by molar-refractivity contribution is 7.89. The minimum Gasteiger partial charge on any atom is -0.352 e. The summed E-state index contributed by atoms with van der Waals surface area (Å²) in [6.07, 6.45) is 1.72. The maximum Gasteiger partial charge on any atom is 0.254 e. The largest absolute Gasteiger partial charge is 0.352 e. The number of hydrogen-bond acceptors (Lipinski definition) is 4. The number of benzene rings is 1. The van der Waals surface area contributed by atoms with E-state index in [1.165, 1.54) is 33.5 Å². The smallest absolute Gasteiger partial charge is 0.254 e. The van der Waals surface area contributed by atoms with Crippen molar-refractivity contribution in [2.75, 3.05) is 26.2 Å². The number of nitrogens with one attached hydrogen (secondary N) is 1. The van der Waals surface area contributed by atoms with Crippen LogP contribution in [0.2, 0.25) is 0 Å². The van der Waals surface area contributed by atoms with Gasteiger partial charge in [-0.3, -0.25) is 9.59 Å². The molecule has 0 saturated carbocycles. The highest BCUT2D eigenvalue weighted by Gasteiger charge is 2.28. The third-order valence-corrected chi connectivity index (χ3v) is 6.85. The van der Waals surface area contributed by atoms with Crippen molar-refractivity contribution in [2.45, 2.75) is 51.5 Å². The fourth-order valence-electron chi connectivity index (χ4n) is 3.19. The zero-order chi connectivity index (χ0) is 20.9. The van der Waals surface area contributed by atoms with Gasteiger partial charge >= 0.3 is 0 Å². The van der Waals surface area contributed by atoms with E-state index in [1.807, 2.05) is 13.8 Å². The Bertz CT molecular complexity index is 782. The molecule has 1 aromatic carbocycles. The Morgan fingerprint density at radius 2 is 1.75 bits per heavy atom. The van der Waals surface area contributed by atoms with Crippen LogP contribution in [0.3, 0.4) is 0 Å². The lowest BCUT2D eigenvalue weighted by molar-refractivity contribution is -0.122. The molecule has 0 aliphatic carbocycles. The molecule has 1 heterocycles. The van der Waals surface area contributed by atoms with Gasteiger partial charge in [-0.2, -0.15) is 4.31 Å². The first kappa shape index (κ1) is 22.4. The van der Waals surface area contributed by atoms with E-state index in [-0.39, 0.29) is 29.3 Å². The van der Waals surface area contributed by atoms with Gasteiger partial charge in [0.05, 0.1) is 11.4 Å². The van der Waals surface area contributed by atoms with Crippen molar-refractivity contribution in [3.63, 3.8) is 0 Å². The molecule has 1 aliphatic rings. The number of hydrogen-bond donors (Lipinski definition) is 1. The number of carbonyl (C=O) groups excluding carboxylic acids is 2. The fourth-order valence-corrected chi connectivity index (χ4v) is 4.66. The van der Waals surface area contributed by atoms with E-state index in [0.29, 0.717) is 31.1 Å². The molecule has 0 unspecified atom stereocenters. The molecule has 1 fully saturated rings. The van der Waals surface area contributed by atoms with E-state index in [9.17, 15) is 18.0 Å². The van der Waals surface area contributed by atoms with Gasteiger partial charge in [-0.05, 0) is 63.8 Å². The van der Waals surface area contributed by atoms with Crippen LogP contribution in [0.5, 0.6) is 0 Å². The predicted molar refractivity (Wildman–Crippen MR) is 108 cm³/mol. The molecule has 1 N–H and O–H groups in total. The number of sulfonamides is 1. The van der Waals surface area contributed by atoms with E-state index < -0.39 is 10.0 Å². The maximum atomic E-state index is 12.8. The predicted octanol–water partition coefficient (Wildman–Crippen LogP) is 2.09. The lowest BCUT2D eigenvalue weighted by atomic mass is 10.0. The summed E-state index contributed by atoms with van der Waals surface area (Å²) in [6, 6.07) is 5.99. The van der Waals surface area contributed by atoms with Crippen LogP contribution in [0.4, 0.5) is 0 Å². The zero-order valence-corrected chi connectivity index (χ0v) is 18.0. The molecule has 0 aromatic heterocycles. The molecule has 28 heavy (non-hydrogen) atoms. The van der Waals surface area contributed by atoms with Crippen LogP contribution in [0.25, 0.3) is 0 Å². The highest BCUT2D eigenvalue weighted by Crippen LogP contribution is 2.23. The second kappa shape index (κ2) is 9.52. The second-order valence-corrected chi connectivity index (χ2v) is 9.59. The molecule has 0 bridgehead atoms. The van der Waals surface area contributed by atoms with E-state index >= 15 is 0 Å². The number of amides is 2. The van der Waals surface area contributed by atoms with Gasteiger partial charge in [-0.25, -0.2) is 8.42 Å². The molecule has 0 radical (unpaired) electrons. The summed E-state index contributed by atoms with van der Waals surface area (Å²) in [7, 11) is -3.54. The van der Waals surface area contributed by atoms with Crippen molar-refractivity contribution in [1.82, 2.24) is 14.5 Å². The molecular weight excluding hydrogens is 378 g/mol. The van der Waals surface area contributed by atoms with Crippen molar-refractivity contribution in [1.29, 1.82) is 0 Å². The molecule has 2 amide bonds. The number of rotatable bonds is 7. The first-order valence-electron chi connectivity index (χ1n) is 9.84. The average Bonchev–Trinajstić information content (AvgIpc) is 2.65. The Labute approximate surface area is 168 Å². The summed E-state index contributed by atoms with van der Waals surface area (Å²) in [5, 5.41) is 2.76. The molecular formula is C20H31N3O4S. The standard InChI is InChI=1S/C20H31N3O4S/c1-5-22(14-19(24)21-15(2)3)20(25)17-6-8-18(9-7-17)28(26,27)23-12-10-16(4)11-13-23/h6-9,15-16H,5,10-14H2,1-4H3,(H,21,24). The molecule has 1 aliphatic heterocycles. The van der Waals surface area contributed by atoms with Gasteiger partial charge in [0.2, 0.25) is 15.9 Å². The molecule has 2 rings (SSSR count). The first-order valence-corrected chi connectivity index (χ1v) is 11.3.